The van der Waals surface area contributed by atoms with Crippen molar-refractivity contribution in [2.45, 2.75) is 173 Å². The van der Waals surface area contributed by atoms with Crippen molar-refractivity contribution in [1.29, 1.82) is 0 Å². The minimum atomic E-state index is -5.46. The van der Waals surface area contributed by atoms with Gasteiger partial charge in [-0.1, -0.05) is 150 Å². The number of allylic oxidation sites excluding steroid dienone is 14. The number of rotatable bonds is 40. The zero-order valence-electron chi connectivity index (χ0n) is 42.5. The molecule has 1 fully saturated rings. The molecule has 3 unspecified atom stereocenters. The number of carbonyl (C=O) groups excluding carboxylic acids is 2. The zero-order valence-corrected chi connectivity index (χ0v) is 44.3. The van der Waals surface area contributed by atoms with Gasteiger partial charge in [0.15, 0.2) is 12.3 Å². The van der Waals surface area contributed by atoms with E-state index < -0.39 is 89.8 Å². The summed E-state index contributed by atoms with van der Waals surface area (Å²) in [7, 11) is -10.9. The Morgan fingerprint density at radius 2 is 1.36 bits per heavy atom. The van der Waals surface area contributed by atoms with Gasteiger partial charge in [-0.3, -0.25) is 23.2 Å². The Morgan fingerprint density at radius 3 is 2.05 bits per heavy atom. The molecule has 0 spiro atoms. The maximum Gasteiger partial charge on any atom is 0.481 e. The van der Waals surface area contributed by atoms with E-state index in [1.165, 1.54) is 31.7 Å². The lowest BCUT2D eigenvalue weighted by molar-refractivity contribution is -0.161. The van der Waals surface area contributed by atoms with Gasteiger partial charge in [0.05, 0.1) is 19.3 Å². The minimum Gasteiger partial charge on any atom is -0.462 e. The molecule has 8 atom stereocenters. The number of carbonyl (C=O) groups is 2. The fourth-order valence-corrected chi connectivity index (χ4v) is 8.93. The van der Waals surface area contributed by atoms with Crippen LogP contribution in [0.4, 0.5) is 5.82 Å². The molecule has 0 bridgehead atoms. The lowest BCUT2D eigenvalue weighted by Crippen LogP contribution is -2.36. The van der Waals surface area contributed by atoms with Crippen molar-refractivity contribution < 1.29 is 71.4 Å². The summed E-state index contributed by atoms with van der Waals surface area (Å²) < 4.78 is 56.6. The molecule has 19 nitrogen and oxygen atoms in total. The van der Waals surface area contributed by atoms with E-state index in [0.29, 0.717) is 25.7 Å². The quantitative estimate of drug-likeness (QED) is 0.0117. The molecule has 1 aliphatic heterocycles. The van der Waals surface area contributed by atoms with Crippen molar-refractivity contribution in [3.63, 3.8) is 0 Å². The van der Waals surface area contributed by atoms with Gasteiger partial charge in [0.2, 0.25) is 0 Å². The summed E-state index contributed by atoms with van der Waals surface area (Å²) >= 11 is 0. The van der Waals surface area contributed by atoms with Crippen molar-refractivity contribution in [2.75, 3.05) is 25.6 Å². The van der Waals surface area contributed by atoms with Crippen molar-refractivity contribution in [2.24, 2.45) is 0 Å². The summed E-state index contributed by atoms with van der Waals surface area (Å²) in [5.41, 5.74) is 4.57. The molecule has 1 aliphatic rings. The molecule has 0 aromatic carbocycles. The van der Waals surface area contributed by atoms with Gasteiger partial charge in [0.1, 0.15) is 30.7 Å². The fourth-order valence-electron chi connectivity index (χ4n) is 6.82. The third-order valence-corrected chi connectivity index (χ3v) is 13.4. The number of aliphatic hydroxyl groups is 3. The smallest absolute Gasteiger partial charge is 0.462 e. The van der Waals surface area contributed by atoms with Crippen LogP contribution in [0.1, 0.15) is 142 Å². The van der Waals surface area contributed by atoms with Crippen LogP contribution in [0.2, 0.25) is 0 Å². The second-order valence-corrected chi connectivity index (χ2v) is 20.2. The van der Waals surface area contributed by atoms with Gasteiger partial charge >= 0.3 is 33.3 Å². The van der Waals surface area contributed by atoms with E-state index in [9.17, 15) is 48.6 Å². The number of aromatic nitrogens is 2. The molecule has 410 valence electrons. The van der Waals surface area contributed by atoms with Gasteiger partial charge in [-0.2, -0.15) is 9.29 Å². The van der Waals surface area contributed by atoms with Crippen molar-refractivity contribution in [3.8, 4) is 0 Å². The summed E-state index contributed by atoms with van der Waals surface area (Å²) in [5.74, 6) is -1.46. The summed E-state index contributed by atoms with van der Waals surface area (Å²) in [6, 6.07) is 1.24. The normalized spacial score (nSPS) is 20.2. The molecule has 0 aliphatic carbocycles. The van der Waals surface area contributed by atoms with Crippen LogP contribution in [0.25, 0.3) is 0 Å². The molecule has 21 heteroatoms. The Morgan fingerprint density at radius 1 is 0.740 bits per heavy atom. The molecule has 1 aromatic rings. The van der Waals surface area contributed by atoms with Gasteiger partial charge in [-0.05, 0) is 76.7 Å². The third-order valence-electron chi connectivity index (χ3n) is 10.8. The predicted molar refractivity (Wildman–Crippen MR) is 281 cm³/mol. The Labute approximate surface area is 431 Å². The molecule has 2 rings (SSSR count). The maximum absolute atomic E-state index is 12.8. The van der Waals surface area contributed by atoms with E-state index in [2.05, 4.69) is 59.6 Å². The number of esters is 2. The fraction of sp³-hybridized carbons (Fsp3) is 0.577. The monoisotopic (exact) mass is 1070 g/mol. The van der Waals surface area contributed by atoms with Gasteiger partial charge in [0.25, 0.3) is 0 Å². The zero-order chi connectivity index (χ0) is 53.6. The summed E-state index contributed by atoms with van der Waals surface area (Å²) in [6.07, 6.45) is 39.6. The van der Waals surface area contributed by atoms with Gasteiger partial charge in [0, 0.05) is 19.0 Å². The maximum atomic E-state index is 12.8. The van der Waals surface area contributed by atoms with E-state index in [1.807, 2.05) is 42.5 Å². The first kappa shape index (κ1) is 64.8. The number of unbranched alkanes of at least 4 members (excludes halogenated alkanes) is 9. The van der Waals surface area contributed by atoms with E-state index in [1.54, 1.807) is 18.2 Å². The van der Waals surface area contributed by atoms with Crippen LogP contribution in [0.15, 0.2) is 114 Å². The number of phosphoric ester groups is 2. The minimum absolute atomic E-state index is 0.0778. The topological polar surface area (TPSA) is 286 Å². The largest absolute Gasteiger partial charge is 0.481 e. The SMILES string of the molecule is CC/C=C\C/C=C\CC(O)/C=C/C=C\C/C=C\C/C=C\CCC(=O)O[C@H](COC(=O)CCCCCCC/C=C\C=C/CCCCCC)COP(=O)(O)OP(=O)(O)OC[C@H]1O[C@@H](n2ccc(N)nc2=O)[C@H](O)[C@@H]1O. The highest BCUT2D eigenvalue weighted by molar-refractivity contribution is 7.61. The van der Waals surface area contributed by atoms with Gasteiger partial charge in [-0.25, -0.2) is 13.9 Å². The van der Waals surface area contributed by atoms with Crippen LogP contribution in [0.3, 0.4) is 0 Å². The third kappa shape index (κ3) is 31.9. The van der Waals surface area contributed by atoms with E-state index >= 15 is 0 Å². The molecule has 1 saturated heterocycles. The van der Waals surface area contributed by atoms with Crippen LogP contribution in [0.5, 0.6) is 0 Å². The van der Waals surface area contributed by atoms with Gasteiger partial charge < -0.3 is 45.1 Å². The number of nitrogens with zero attached hydrogens (tertiary/aromatic N) is 2. The second-order valence-electron chi connectivity index (χ2n) is 17.2. The highest BCUT2D eigenvalue weighted by Gasteiger charge is 2.46. The number of hydrogen-bond donors (Lipinski definition) is 6. The lowest BCUT2D eigenvalue weighted by atomic mass is 10.1. The van der Waals surface area contributed by atoms with Crippen LogP contribution in [0, 0.1) is 0 Å². The van der Waals surface area contributed by atoms with E-state index in [-0.39, 0.29) is 25.1 Å². The molecule has 7 N–H and O–H groups in total. The number of phosphoric acid groups is 2. The average Bonchev–Trinajstić information content (AvgIpc) is 3.62. The Bertz CT molecular complexity index is 2120. The summed E-state index contributed by atoms with van der Waals surface area (Å²) in [4.78, 5) is 61.9. The van der Waals surface area contributed by atoms with Crippen LogP contribution < -0.4 is 11.4 Å². The Balaban J connectivity index is 1.86. The molecule has 2 heterocycles. The van der Waals surface area contributed by atoms with Gasteiger partial charge in [-0.15, -0.1) is 0 Å². The highest BCUT2D eigenvalue weighted by atomic mass is 31.3. The van der Waals surface area contributed by atoms with E-state index in [0.717, 1.165) is 62.1 Å². The Hall–Kier alpha value is -4.36. The molecule has 0 saturated carbocycles. The Kier molecular flexibility index (Phi) is 34.7. The van der Waals surface area contributed by atoms with Crippen LogP contribution in [-0.2, 0) is 46.3 Å². The molecule has 0 radical (unpaired) electrons. The molecule has 1 aromatic heterocycles. The summed E-state index contributed by atoms with van der Waals surface area (Å²) in [6.45, 7) is 1.85. The number of anilines is 1. The van der Waals surface area contributed by atoms with Crippen molar-refractivity contribution >= 4 is 33.4 Å². The predicted octanol–water partition coefficient (Wildman–Crippen LogP) is 9.41. The first-order valence-corrected chi connectivity index (χ1v) is 28.4. The number of nitrogen functional groups attached to an aromatic ring is 1. The highest BCUT2D eigenvalue weighted by Crippen LogP contribution is 2.60. The first-order valence-electron chi connectivity index (χ1n) is 25.4. The number of hydrogen-bond acceptors (Lipinski definition) is 16. The van der Waals surface area contributed by atoms with Crippen LogP contribution >= 0.6 is 15.6 Å². The molecule has 73 heavy (non-hydrogen) atoms. The molecule has 0 amide bonds. The number of ether oxygens (including phenoxy) is 3. The lowest BCUT2D eigenvalue weighted by Gasteiger charge is -2.21. The number of aliphatic hydroxyl groups excluding tert-OH is 3. The van der Waals surface area contributed by atoms with Crippen molar-refractivity contribution in [3.05, 3.63) is 120 Å². The second kappa shape index (κ2) is 39.1. The molecular weight excluding hydrogens is 985 g/mol. The van der Waals surface area contributed by atoms with Crippen molar-refractivity contribution in [1.82, 2.24) is 9.55 Å². The number of nitrogens with two attached hydrogens (primary N) is 1. The standard InChI is InChI=1S/C52H81N3O16P2/c1-3-5-7-9-11-12-13-14-15-16-17-21-24-28-32-36-47(57)66-40-44(69-48(58)37-33-29-25-22-19-18-20-23-27-31-35-43(56)34-30-26-10-8-6-4-2)41-67-72(62,63)71-73(64,65)68-42-45-49(59)50(60)51(70-45)55-39-38-46(53)54-52(55)61/h6,8,12-15,18-19,23,25-27,29-31,35,38-39,43-45,49-51,56,59-60H,3-5,7,9-11,16-17,20-22,24,28,32-34,36-37,40-42H2,1-2H3,(H,62,63)(H,64,65)(H2,53,54,61)/b8-6-,13-12-,15-14-,19-18-,27-23-,29-25-,30-26-,35-31+/t43?,44-,45-,49-,50-,51-/m1/s1. The molecular formula is C52H81N3O16P2. The average molecular weight is 1070 g/mol. The van der Waals surface area contributed by atoms with E-state index in [4.69, 9.17) is 29.0 Å². The van der Waals surface area contributed by atoms with Crippen LogP contribution in [-0.4, -0.2) is 96.9 Å². The first-order chi connectivity index (χ1) is 35.1. The summed E-state index contributed by atoms with van der Waals surface area (Å²) in [5, 5.41) is 31.0.